The van der Waals surface area contributed by atoms with Crippen molar-refractivity contribution >= 4 is 51.2 Å². The number of pyridine rings is 2. The number of carbonyl (C=O) groups is 2. The standard InChI is InChI=1S/C47H58N6O3S2/c1-38-16-30-52(31-17-38)44-14-11-40(12-15-44)4-2-5-41-18-26-50(27-19-41)36-46(55)48-24-34-57-58-35-25-49-47(56)37-51-28-20-42(21-29-51)9-8-39-6-3-7-43(13-10-39)53-32-22-45(54)23-33-53/h2-4,7-15,18-21,26-29,38,45,54H,5-6,16-17,22-25,30-37H2,1H3/p+2/b4-2+. The van der Waals surface area contributed by atoms with Crippen molar-refractivity contribution in [2.45, 2.75) is 64.6 Å². The smallest absolute Gasteiger partial charge is 0.286 e. The van der Waals surface area contributed by atoms with Crippen molar-refractivity contribution in [1.82, 2.24) is 15.5 Å². The zero-order valence-corrected chi connectivity index (χ0v) is 35.5. The van der Waals surface area contributed by atoms with E-state index in [0.717, 1.165) is 74.8 Å². The molecule has 6 rings (SSSR count). The summed E-state index contributed by atoms with van der Waals surface area (Å²) < 4.78 is 3.79. The Hall–Kier alpha value is -4.58. The Bertz CT molecular complexity index is 1910. The fourth-order valence-electron chi connectivity index (χ4n) is 7.13. The van der Waals surface area contributed by atoms with E-state index < -0.39 is 0 Å². The number of hydrogen-bond donors (Lipinski definition) is 3. The molecule has 3 aromatic rings. The lowest BCUT2D eigenvalue weighted by atomic mass is 9.98. The maximum absolute atomic E-state index is 12.5. The average molecular weight is 821 g/mol. The SMILES string of the molecule is CC1CCN(c2ccc(/C=C/Cc3cc[n+](CC(=O)NCCSSCCNC(=O)C[n+]4ccc(/C=C/C5=CC=C(N6CCC(O)CC6)C=CC5)cc4)cc3)cc2)CC1. The average Bonchev–Trinajstić information content (AvgIpc) is 3.49. The number of amides is 2. The molecular formula is C47H60N6O3S2+2. The Kier molecular flexibility index (Phi) is 17.1. The van der Waals surface area contributed by atoms with E-state index in [1.807, 2.05) is 46.1 Å². The molecule has 0 atom stereocenters. The number of hydrogen-bond acceptors (Lipinski definition) is 7. The van der Waals surface area contributed by atoms with Gasteiger partial charge in [-0.25, -0.2) is 0 Å². The van der Waals surface area contributed by atoms with E-state index in [9.17, 15) is 14.7 Å². The molecule has 2 aromatic heterocycles. The Morgan fingerprint density at radius 3 is 1.97 bits per heavy atom. The highest BCUT2D eigenvalue weighted by atomic mass is 33.1. The predicted octanol–water partition coefficient (Wildman–Crippen LogP) is 6.31. The number of allylic oxidation sites excluding steroid dienone is 7. The highest BCUT2D eigenvalue weighted by molar-refractivity contribution is 8.76. The molecule has 9 nitrogen and oxygen atoms in total. The van der Waals surface area contributed by atoms with Gasteiger partial charge in [0, 0.05) is 86.4 Å². The van der Waals surface area contributed by atoms with Gasteiger partial charge in [0.1, 0.15) is 0 Å². The van der Waals surface area contributed by atoms with Gasteiger partial charge in [0.2, 0.25) is 13.1 Å². The lowest BCUT2D eigenvalue weighted by molar-refractivity contribution is -0.684. The first-order chi connectivity index (χ1) is 28.4. The van der Waals surface area contributed by atoms with Gasteiger partial charge in [-0.3, -0.25) is 9.59 Å². The van der Waals surface area contributed by atoms with Crippen molar-refractivity contribution in [3.63, 3.8) is 0 Å². The van der Waals surface area contributed by atoms with Crippen molar-refractivity contribution in [2.75, 3.05) is 55.7 Å². The van der Waals surface area contributed by atoms with E-state index in [4.69, 9.17) is 0 Å². The van der Waals surface area contributed by atoms with Crippen LogP contribution >= 0.6 is 21.6 Å². The summed E-state index contributed by atoms with van der Waals surface area (Å²) in [7, 11) is 3.40. The maximum Gasteiger partial charge on any atom is 0.286 e. The number of rotatable bonds is 18. The molecule has 0 bridgehead atoms. The number of aromatic nitrogens is 2. The minimum atomic E-state index is -0.170. The molecule has 0 saturated carbocycles. The first-order valence-electron chi connectivity index (χ1n) is 20.8. The lowest BCUT2D eigenvalue weighted by Crippen LogP contribution is -2.43. The molecular weight excluding hydrogens is 761 g/mol. The van der Waals surface area contributed by atoms with Gasteiger partial charge in [0.15, 0.2) is 24.8 Å². The number of anilines is 1. The maximum atomic E-state index is 12.5. The normalized spacial score (nSPS) is 16.7. The van der Waals surface area contributed by atoms with E-state index in [1.165, 1.54) is 40.9 Å². The van der Waals surface area contributed by atoms with Gasteiger partial charge in [-0.15, -0.1) is 0 Å². The molecule has 11 heteroatoms. The summed E-state index contributed by atoms with van der Waals surface area (Å²) in [5.41, 5.74) is 7.26. The summed E-state index contributed by atoms with van der Waals surface area (Å²) in [4.78, 5) is 29.8. The number of piperidine rings is 2. The van der Waals surface area contributed by atoms with Crippen LogP contribution < -0.4 is 24.7 Å². The second kappa shape index (κ2) is 23.1. The molecule has 3 aliphatic rings. The second-order valence-electron chi connectivity index (χ2n) is 15.4. The topological polar surface area (TPSA) is 92.7 Å². The van der Waals surface area contributed by atoms with Gasteiger partial charge in [-0.2, -0.15) is 9.13 Å². The third kappa shape index (κ3) is 14.7. The molecule has 306 valence electrons. The van der Waals surface area contributed by atoms with Crippen LogP contribution in [-0.2, 0) is 29.1 Å². The fraction of sp³-hybridized carbons (Fsp3) is 0.404. The molecule has 3 N–H and O–H groups in total. The third-order valence-corrected chi connectivity index (χ3v) is 13.2. The van der Waals surface area contributed by atoms with Gasteiger partial charge in [-0.1, -0.05) is 77.1 Å². The fourth-order valence-corrected chi connectivity index (χ4v) is 8.94. The van der Waals surface area contributed by atoms with E-state index in [2.05, 4.69) is 112 Å². The molecule has 2 amide bonds. The van der Waals surface area contributed by atoms with Crippen LogP contribution in [0.3, 0.4) is 0 Å². The number of aliphatic hydroxyl groups excluding tert-OH is 1. The molecule has 0 radical (unpaired) electrons. The monoisotopic (exact) mass is 820 g/mol. The molecule has 1 aliphatic carbocycles. The second-order valence-corrected chi connectivity index (χ2v) is 18.1. The Labute approximate surface area is 353 Å². The van der Waals surface area contributed by atoms with Crippen molar-refractivity contribution in [3.05, 3.63) is 138 Å². The van der Waals surface area contributed by atoms with Gasteiger partial charge < -0.3 is 25.5 Å². The van der Waals surface area contributed by atoms with Crippen molar-refractivity contribution in [1.29, 1.82) is 0 Å². The van der Waals surface area contributed by atoms with Crippen molar-refractivity contribution in [3.8, 4) is 0 Å². The first kappa shape index (κ1) is 43.0. The molecule has 58 heavy (non-hydrogen) atoms. The predicted molar refractivity (Wildman–Crippen MR) is 240 cm³/mol. The quantitative estimate of drug-likeness (QED) is 0.0788. The minimum absolute atomic E-state index is 0.00326. The Morgan fingerprint density at radius 2 is 1.33 bits per heavy atom. The number of likely N-dealkylation sites (tertiary alicyclic amines) is 1. The molecule has 0 unspecified atom stereocenters. The van der Waals surface area contributed by atoms with Crippen LogP contribution in [0, 0.1) is 5.92 Å². The van der Waals surface area contributed by atoms with Gasteiger partial charge in [-0.05, 0) is 91.0 Å². The number of aliphatic hydroxyl groups is 1. The van der Waals surface area contributed by atoms with Crippen molar-refractivity contribution < 1.29 is 23.8 Å². The summed E-state index contributed by atoms with van der Waals surface area (Å²) >= 11 is 0. The zero-order valence-electron chi connectivity index (χ0n) is 33.9. The Morgan fingerprint density at radius 1 is 0.741 bits per heavy atom. The van der Waals surface area contributed by atoms with Crippen molar-refractivity contribution in [2.24, 2.45) is 5.92 Å². The van der Waals surface area contributed by atoms with Crippen LogP contribution in [0.25, 0.3) is 12.2 Å². The van der Waals surface area contributed by atoms with Crippen LogP contribution in [-0.4, -0.2) is 78.7 Å². The van der Waals surface area contributed by atoms with Gasteiger partial charge >= 0.3 is 0 Å². The number of nitrogens with zero attached hydrogens (tertiary/aromatic N) is 4. The largest absolute Gasteiger partial charge is 0.393 e. The molecule has 2 saturated heterocycles. The highest BCUT2D eigenvalue weighted by Gasteiger charge is 2.18. The summed E-state index contributed by atoms with van der Waals surface area (Å²) in [6.07, 6.45) is 30.9. The number of carbonyl (C=O) groups excluding carboxylic acids is 2. The van der Waals surface area contributed by atoms with Gasteiger partial charge in [0.25, 0.3) is 11.8 Å². The van der Waals surface area contributed by atoms with Crippen LogP contribution in [0.1, 0.15) is 55.7 Å². The summed E-state index contributed by atoms with van der Waals surface area (Å²) in [6, 6.07) is 17.1. The molecule has 2 fully saturated rings. The van der Waals surface area contributed by atoms with E-state index >= 15 is 0 Å². The van der Waals surface area contributed by atoms with E-state index in [0.29, 0.717) is 19.6 Å². The van der Waals surface area contributed by atoms with Crippen LogP contribution in [0.5, 0.6) is 0 Å². The first-order valence-corrected chi connectivity index (χ1v) is 23.3. The molecule has 0 spiro atoms. The zero-order chi connectivity index (χ0) is 40.4. The van der Waals surface area contributed by atoms with Crippen LogP contribution in [0.4, 0.5) is 5.69 Å². The number of nitrogens with one attached hydrogen (secondary N) is 2. The molecule has 2 aliphatic heterocycles. The lowest BCUT2D eigenvalue weighted by Gasteiger charge is -2.32. The van der Waals surface area contributed by atoms with E-state index in [1.54, 1.807) is 21.6 Å². The number of benzene rings is 1. The molecule has 4 heterocycles. The van der Waals surface area contributed by atoms with Crippen LogP contribution in [0.15, 0.2) is 121 Å². The highest BCUT2D eigenvalue weighted by Crippen LogP contribution is 2.24. The Balaban J connectivity index is 0.782. The molecule has 1 aromatic carbocycles. The van der Waals surface area contributed by atoms with E-state index in [-0.39, 0.29) is 24.5 Å². The summed E-state index contributed by atoms with van der Waals surface area (Å²) in [5.74, 6) is 2.41. The minimum Gasteiger partial charge on any atom is -0.393 e. The summed E-state index contributed by atoms with van der Waals surface area (Å²) in [5, 5.41) is 15.8. The van der Waals surface area contributed by atoms with Crippen LogP contribution in [0.2, 0.25) is 0 Å². The third-order valence-electron chi connectivity index (χ3n) is 10.8. The van der Waals surface area contributed by atoms with Gasteiger partial charge in [0.05, 0.1) is 6.10 Å². The summed E-state index contributed by atoms with van der Waals surface area (Å²) in [6.45, 7) is 8.20.